The summed E-state index contributed by atoms with van der Waals surface area (Å²) in [5.41, 5.74) is 11.3. The summed E-state index contributed by atoms with van der Waals surface area (Å²) < 4.78 is 0. The highest BCUT2D eigenvalue weighted by Crippen LogP contribution is 2.48. The first-order valence-corrected chi connectivity index (χ1v) is 19.1. The van der Waals surface area contributed by atoms with Crippen LogP contribution in [0.1, 0.15) is 33.4 Å². The molecule has 0 unspecified atom stereocenters. The average Bonchev–Trinajstić information content (AvgIpc) is 3.08. The molecule has 48 heavy (non-hydrogen) atoms. The summed E-state index contributed by atoms with van der Waals surface area (Å²) in [4.78, 5) is 11.7. The van der Waals surface area contributed by atoms with Crippen molar-refractivity contribution >= 4 is 59.3 Å². The molecule has 0 amide bonds. The molecule has 6 aromatic rings. The van der Waals surface area contributed by atoms with Crippen molar-refractivity contribution in [2.75, 3.05) is 0 Å². The molecule has 6 aromatic carbocycles. The molecule has 0 spiro atoms. The van der Waals surface area contributed by atoms with E-state index in [-0.39, 0.29) is 0 Å². The molecule has 0 saturated carbocycles. The van der Waals surface area contributed by atoms with Gasteiger partial charge in [-0.1, -0.05) is 157 Å². The van der Waals surface area contributed by atoms with Gasteiger partial charge in [0.05, 0.1) is 22.3 Å². The second kappa shape index (κ2) is 15.2. The monoisotopic (exact) mass is 660 g/mol. The average molecular weight is 661 g/mol. The lowest BCUT2D eigenvalue weighted by atomic mass is 10.1. The van der Waals surface area contributed by atoms with E-state index in [4.69, 9.17) is 9.98 Å². The summed E-state index contributed by atoms with van der Waals surface area (Å²) in [6.45, 7) is 13.1. The van der Waals surface area contributed by atoms with Gasteiger partial charge in [-0.05, 0) is 85.0 Å². The Bertz CT molecular complexity index is 1790. The number of aryl methyl sites for hydroxylation is 6. The normalized spacial score (nSPS) is 12.2. The zero-order valence-electron chi connectivity index (χ0n) is 28.6. The molecule has 0 fully saturated rings. The van der Waals surface area contributed by atoms with Gasteiger partial charge in [-0.2, -0.15) is 0 Å². The van der Waals surface area contributed by atoms with Gasteiger partial charge in [0.2, 0.25) is 0 Å². The zero-order chi connectivity index (χ0) is 33.6. The van der Waals surface area contributed by atoms with Crippen LogP contribution in [0.4, 0.5) is 11.4 Å². The summed E-state index contributed by atoms with van der Waals surface area (Å²) in [7, 11) is -2.22. The summed E-state index contributed by atoms with van der Waals surface area (Å²) in [6, 6.07) is 52.7. The number of hydrogen-bond donors (Lipinski definition) is 0. The molecule has 0 aliphatic carbocycles. The third kappa shape index (κ3) is 7.47. The molecule has 0 aromatic heterocycles. The number of rotatable bonds is 9. The minimum absolute atomic E-state index is 1.02. The van der Waals surface area contributed by atoms with E-state index in [0.717, 1.165) is 22.3 Å². The third-order valence-corrected chi connectivity index (χ3v) is 13.3. The van der Waals surface area contributed by atoms with Gasteiger partial charge in [0.1, 0.15) is 0 Å². The largest absolute Gasteiger partial charge is 0.245 e. The molecule has 0 aliphatic rings. The van der Waals surface area contributed by atoms with Crippen molar-refractivity contribution < 1.29 is 0 Å². The molecule has 0 N–H and O–H groups in total. The Labute approximate surface area is 288 Å². The SMILES string of the molecule is Cc1cc(C)c(N=C(C(=Nc2c(C)cc(C)cc2C)P(c2ccccc2)c2ccccc2)P(c2ccccc2)c2ccccc2)c(C)c1. The highest BCUT2D eigenvalue weighted by Gasteiger charge is 2.32. The molecule has 0 saturated heterocycles. The Hall–Kier alpha value is -4.48. The van der Waals surface area contributed by atoms with Crippen molar-refractivity contribution in [1.82, 2.24) is 0 Å². The van der Waals surface area contributed by atoms with E-state index in [1.807, 2.05) is 0 Å². The smallest absolute Gasteiger partial charge is 0.0993 e. The van der Waals surface area contributed by atoms with Crippen LogP contribution in [-0.2, 0) is 0 Å². The van der Waals surface area contributed by atoms with E-state index < -0.39 is 15.8 Å². The van der Waals surface area contributed by atoms with E-state index in [1.54, 1.807) is 0 Å². The molecule has 6 rings (SSSR count). The molecule has 0 bridgehead atoms. The highest BCUT2D eigenvalue weighted by atomic mass is 31.1. The summed E-state index contributed by atoms with van der Waals surface area (Å²) >= 11 is 0. The van der Waals surface area contributed by atoms with Gasteiger partial charge in [-0.3, -0.25) is 0 Å². The molecule has 2 nitrogen and oxygen atoms in total. The first-order chi connectivity index (χ1) is 23.3. The number of hydrogen-bond acceptors (Lipinski definition) is 2. The lowest BCUT2D eigenvalue weighted by Gasteiger charge is -2.28. The summed E-state index contributed by atoms with van der Waals surface area (Å²) in [5, 5.41) is 5.00. The first kappa shape index (κ1) is 33.4. The number of aliphatic imine (C=N–C) groups is 2. The lowest BCUT2D eigenvalue weighted by Crippen LogP contribution is -2.28. The molecule has 0 aliphatic heterocycles. The summed E-state index contributed by atoms with van der Waals surface area (Å²) in [6.07, 6.45) is 0. The fourth-order valence-corrected chi connectivity index (χ4v) is 11.4. The van der Waals surface area contributed by atoms with Crippen LogP contribution in [0.15, 0.2) is 156 Å². The van der Waals surface area contributed by atoms with Crippen LogP contribution < -0.4 is 21.2 Å². The van der Waals surface area contributed by atoms with Crippen molar-refractivity contribution in [2.45, 2.75) is 41.5 Å². The Kier molecular flexibility index (Phi) is 10.6. The quantitative estimate of drug-likeness (QED) is 0.109. The van der Waals surface area contributed by atoms with Crippen LogP contribution in [0.2, 0.25) is 0 Å². The molecule has 238 valence electrons. The molecule has 0 heterocycles. The van der Waals surface area contributed by atoms with Crippen LogP contribution in [0.25, 0.3) is 0 Å². The molecule has 4 heteroatoms. The van der Waals surface area contributed by atoms with Crippen LogP contribution >= 0.6 is 15.8 Å². The van der Waals surface area contributed by atoms with Gasteiger partial charge in [0, 0.05) is 15.8 Å². The maximum absolute atomic E-state index is 5.83. The van der Waals surface area contributed by atoms with Crippen LogP contribution in [-0.4, -0.2) is 10.9 Å². The fraction of sp³-hybridized carbons (Fsp3) is 0.136. The van der Waals surface area contributed by atoms with Crippen molar-refractivity contribution in [2.24, 2.45) is 9.98 Å². The maximum Gasteiger partial charge on any atom is 0.0993 e. The summed E-state index contributed by atoms with van der Waals surface area (Å²) in [5.74, 6) is 0. The minimum Gasteiger partial charge on any atom is -0.245 e. The molecular weight excluding hydrogens is 618 g/mol. The van der Waals surface area contributed by atoms with E-state index in [1.165, 1.54) is 54.6 Å². The minimum atomic E-state index is -1.11. The van der Waals surface area contributed by atoms with Gasteiger partial charge < -0.3 is 0 Å². The van der Waals surface area contributed by atoms with Gasteiger partial charge in [0.15, 0.2) is 0 Å². The number of benzene rings is 6. The molecule has 0 radical (unpaired) electrons. The van der Waals surface area contributed by atoms with Crippen LogP contribution in [0.3, 0.4) is 0 Å². The Morgan fingerprint density at radius 2 is 0.583 bits per heavy atom. The standard InChI is InChI=1S/C44H42N2P2/c1-31-27-33(3)41(34(4)28-31)45-43(47(37-19-11-7-12-20-37)38-21-13-8-14-22-38)44(46-42-35(5)29-32(2)30-36(42)6)48(39-23-15-9-16-24-39)40-25-17-10-18-26-40/h7-30H,1-6H3. The van der Waals surface area contributed by atoms with Crippen molar-refractivity contribution in [3.05, 3.63) is 179 Å². The zero-order valence-corrected chi connectivity index (χ0v) is 30.4. The first-order valence-electron chi connectivity index (χ1n) is 16.4. The van der Waals surface area contributed by atoms with Gasteiger partial charge in [-0.25, -0.2) is 9.98 Å². The van der Waals surface area contributed by atoms with Gasteiger partial charge in [0.25, 0.3) is 0 Å². The Morgan fingerprint density at radius 3 is 0.812 bits per heavy atom. The van der Waals surface area contributed by atoms with E-state index in [2.05, 4.69) is 187 Å². The second-order valence-corrected chi connectivity index (χ2v) is 16.6. The molecular formula is C44H42N2P2. The predicted molar refractivity (Wildman–Crippen MR) is 214 cm³/mol. The second-order valence-electron chi connectivity index (χ2n) is 12.4. The van der Waals surface area contributed by atoms with Crippen molar-refractivity contribution in [3.8, 4) is 0 Å². The predicted octanol–water partition coefficient (Wildman–Crippen LogP) is 10.6. The van der Waals surface area contributed by atoms with Gasteiger partial charge in [-0.15, -0.1) is 0 Å². The lowest BCUT2D eigenvalue weighted by molar-refractivity contribution is 1.28. The fourth-order valence-electron chi connectivity index (χ4n) is 6.40. The van der Waals surface area contributed by atoms with Gasteiger partial charge >= 0.3 is 0 Å². The van der Waals surface area contributed by atoms with Crippen molar-refractivity contribution in [1.29, 1.82) is 0 Å². The highest BCUT2D eigenvalue weighted by molar-refractivity contribution is 8.00. The Morgan fingerprint density at radius 1 is 0.354 bits per heavy atom. The maximum atomic E-state index is 5.83. The topological polar surface area (TPSA) is 24.7 Å². The van der Waals surface area contributed by atoms with E-state index in [0.29, 0.717) is 0 Å². The third-order valence-electron chi connectivity index (χ3n) is 8.39. The Balaban J connectivity index is 1.79. The van der Waals surface area contributed by atoms with E-state index >= 15 is 0 Å². The molecule has 0 atom stereocenters. The van der Waals surface area contributed by atoms with Crippen molar-refractivity contribution in [3.63, 3.8) is 0 Å². The van der Waals surface area contributed by atoms with Crippen LogP contribution in [0.5, 0.6) is 0 Å². The number of nitrogens with zero attached hydrogens (tertiary/aromatic N) is 2. The van der Waals surface area contributed by atoms with E-state index in [9.17, 15) is 0 Å². The van der Waals surface area contributed by atoms with Crippen LogP contribution in [0, 0.1) is 41.5 Å².